The van der Waals surface area contributed by atoms with Crippen LogP contribution in [0.1, 0.15) is 66.1 Å². The van der Waals surface area contributed by atoms with Crippen molar-refractivity contribution < 1.29 is 28.5 Å². The maximum atomic E-state index is 12.9. The van der Waals surface area contributed by atoms with E-state index in [-0.39, 0.29) is 24.6 Å². The SMILES string of the molecule is CCC1(ON(Cc2ncc(-c3ccc(B4OC(C)(C)C(C)(C)O4)cc3)[nH]2)C(=O)CNC(=O)OC)CCC1. The van der Waals surface area contributed by atoms with Crippen LogP contribution in [0.15, 0.2) is 30.5 Å². The van der Waals surface area contributed by atoms with Crippen LogP contribution < -0.4 is 10.8 Å². The van der Waals surface area contributed by atoms with E-state index >= 15 is 0 Å². The number of aromatic nitrogens is 2. The molecule has 1 aromatic heterocycles. The van der Waals surface area contributed by atoms with Gasteiger partial charge in [-0.05, 0) is 64.4 Å². The Morgan fingerprint density at radius 3 is 2.32 bits per heavy atom. The van der Waals surface area contributed by atoms with E-state index in [9.17, 15) is 9.59 Å². The molecule has 2 heterocycles. The fourth-order valence-electron chi connectivity index (χ4n) is 4.32. The second kappa shape index (κ2) is 10.5. The third kappa shape index (κ3) is 5.84. The van der Waals surface area contributed by atoms with Gasteiger partial charge in [-0.25, -0.2) is 14.8 Å². The number of benzene rings is 1. The van der Waals surface area contributed by atoms with Crippen LogP contribution >= 0.6 is 0 Å². The van der Waals surface area contributed by atoms with E-state index < -0.39 is 24.4 Å². The molecule has 2 amide bonds. The highest BCUT2D eigenvalue weighted by Crippen LogP contribution is 2.39. The largest absolute Gasteiger partial charge is 0.494 e. The number of hydrogen-bond acceptors (Lipinski definition) is 7. The first kappa shape index (κ1) is 27.2. The van der Waals surface area contributed by atoms with Gasteiger partial charge >= 0.3 is 13.2 Å². The van der Waals surface area contributed by atoms with Crippen LogP contribution in [-0.4, -0.2) is 64.6 Å². The summed E-state index contributed by atoms with van der Waals surface area (Å²) in [7, 11) is 0.824. The number of nitrogens with zero attached hydrogens (tertiary/aromatic N) is 2. The lowest BCUT2D eigenvalue weighted by molar-refractivity contribution is -0.267. The van der Waals surface area contributed by atoms with Crippen LogP contribution in [0.4, 0.5) is 4.79 Å². The highest BCUT2D eigenvalue weighted by atomic mass is 16.7. The molecule has 4 rings (SSSR count). The molecule has 1 aromatic carbocycles. The van der Waals surface area contributed by atoms with Crippen LogP contribution in [0.3, 0.4) is 0 Å². The predicted molar refractivity (Wildman–Crippen MR) is 139 cm³/mol. The normalized spacial score (nSPS) is 19.2. The molecule has 0 atom stereocenters. The van der Waals surface area contributed by atoms with Crippen LogP contribution in [0.25, 0.3) is 11.3 Å². The zero-order chi connectivity index (χ0) is 26.8. The molecule has 1 saturated carbocycles. The van der Waals surface area contributed by atoms with E-state index in [0.717, 1.165) is 42.4 Å². The van der Waals surface area contributed by atoms with E-state index in [1.807, 2.05) is 58.9 Å². The van der Waals surface area contributed by atoms with Gasteiger partial charge in [-0.3, -0.25) is 9.63 Å². The lowest BCUT2D eigenvalue weighted by Gasteiger charge is -2.43. The lowest BCUT2D eigenvalue weighted by atomic mass is 9.78. The quantitative estimate of drug-likeness (QED) is 0.391. The average molecular weight is 512 g/mol. The Labute approximate surface area is 218 Å². The number of nitrogens with one attached hydrogen (secondary N) is 2. The number of rotatable bonds is 9. The van der Waals surface area contributed by atoms with Crippen LogP contribution in [-0.2, 0) is 30.2 Å². The Hall–Kier alpha value is -2.89. The highest BCUT2D eigenvalue weighted by Gasteiger charge is 2.51. The first-order valence-electron chi connectivity index (χ1n) is 12.8. The summed E-state index contributed by atoms with van der Waals surface area (Å²) >= 11 is 0. The van der Waals surface area contributed by atoms with Crippen molar-refractivity contribution in [3.63, 3.8) is 0 Å². The van der Waals surface area contributed by atoms with Gasteiger partial charge in [0.05, 0.1) is 35.8 Å². The number of carbonyl (C=O) groups excluding carboxylic acids is 2. The molecule has 11 heteroatoms. The van der Waals surface area contributed by atoms with E-state index in [2.05, 4.69) is 20.0 Å². The molecule has 1 aliphatic carbocycles. The van der Waals surface area contributed by atoms with Crippen molar-refractivity contribution in [2.24, 2.45) is 0 Å². The number of methoxy groups -OCH3 is 1. The minimum Gasteiger partial charge on any atom is -0.453 e. The zero-order valence-electron chi connectivity index (χ0n) is 22.6. The van der Waals surface area contributed by atoms with Gasteiger partial charge in [-0.2, -0.15) is 0 Å². The van der Waals surface area contributed by atoms with Gasteiger partial charge in [0.1, 0.15) is 18.9 Å². The number of ether oxygens (including phenoxy) is 1. The molecule has 0 radical (unpaired) electrons. The van der Waals surface area contributed by atoms with Crippen LogP contribution in [0, 0.1) is 0 Å². The first-order chi connectivity index (χ1) is 17.5. The van der Waals surface area contributed by atoms with Crippen LogP contribution in [0.5, 0.6) is 0 Å². The number of carbonyl (C=O) groups is 2. The molecule has 2 fully saturated rings. The first-order valence-corrected chi connectivity index (χ1v) is 12.8. The van der Waals surface area contributed by atoms with E-state index in [1.54, 1.807) is 6.20 Å². The van der Waals surface area contributed by atoms with Crippen molar-refractivity contribution in [2.75, 3.05) is 13.7 Å². The minimum atomic E-state index is -0.675. The van der Waals surface area contributed by atoms with Crippen LogP contribution in [0.2, 0.25) is 0 Å². The molecule has 2 N–H and O–H groups in total. The van der Waals surface area contributed by atoms with Gasteiger partial charge in [0.25, 0.3) is 5.91 Å². The van der Waals surface area contributed by atoms with Gasteiger partial charge in [0.15, 0.2) is 0 Å². The van der Waals surface area contributed by atoms with Gasteiger partial charge < -0.3 is 24.3 Å². The van der Waals surface area contributed by atoms with Gasteiger partial charge in [-0.1, -0.05) is 31.2 Å². The molecule has 0 bridgehead atoms. The third-order valence-electron chi connectivity index (χ3n) is 7.73. The fourth-order valence-corrected chi connectivity index (χ4v) is 4.32. The number of imidazole rings is 1. The smallest absolute Gasteiger partial charge is 0.453 e. The minimum absolute atomic E-state index is 0.120. The van der Waals surface area contributed by atoms with E-state index in [4.69, 9.17) is 14.1 Å². The molecule has 37 heavy (non-hydrogen) atoms. The fraction of sp³-hybridized carbons (Fsp3) is 0.577. The van der Waals surface area contributed by atoms with Gasteiger partial charge in [0.2, 0.25) is 0 Å². The molecule has 2 aliphatic rings. The molecule has 200 valence electrons. The van der Waals surface area contributed by atoms with Crippen molar-refractivity contribution in [1.29, 1.82) is 0 Å². The molecule has 1 saturated heterocycles. The molecular formula is C26H37BN4O6. The summed E-state index contributed by atoms with van der Waals surface area (Å²) in [4.78, 5) is 38.3. The van der Waals surface area contributed by atoms with Gasteiger partial charge in [-0.15, -0.1) is 0 Å². The Morgan fingerprint density at radius 2 is 1.78 bits per heavy atom. The molecular weight excluding hydrogens is 475 g/mol. The number of alkyl carbamates (subject to hydrolysis) is 1. The third-order valence-corrected chi connectivity index (χ3v) is 7.73. The van der Waals surface area contributed by atoms with Crippen molar-refractivity contribution >= 4 is 24.6 Å². The number of hydroxylamine groups is 2. The molecule has 0 unspecified atom stereocenters. The maximum Gasteiger partial charge on any atom is 0.494 e. The number of amides is 2. The maximum absolute atomic E-state index is 12.9. The van der Waals surface area contributed by atoms with E-state index in [0.29, 0.717) is 5.82 Å². The molecule has 0 spiro atoms. The average Bonchev–Trinajstić information content (AvgIpc) is 3.39. The van der Waals surface area contributed by atoms with Crippen molar-refractivity contribution in [3.05, 3.63) is 36.3 Å². The molecule has 10 nitrogen and oxygen atoms in total. The summed E-state index contributed by atoms with van der Waals surface area (Å²) < 4.78 is 16.9. The summed E-state index contributed by atoms with van der Waals surface area (Å²) in [6, 6.07) is 7.93. The summed E-state index contributed by atoms with van der Waals surface area (Å²) in [6.45, 7) is 10.1. The Bertz CT molecular complexity index is 1090. The molecule has 1 aliphatic heterocycles. The summed E-state index contributed by atoms with van der Waals surface area (Å²) in [5.41, 5.74) is 1.53. The summed E-state index contributed by atoms with van der Waals surface area (Å²) in [5.74, 6) is 0.192. The predicted octanol–water partition coefficient (Wildman–Crippen LogP) is 3.32. The van der Waals surface area contributed by atoms with Crippen molar-refractivity contribution in [2.45, 2.75) is 83.6 Å². The second-order valence-corrected chi connectivity index (χ2v) is 10.7. The Morgan fingerprint density at radius 1 is 1.14 bits per heavy atom. The summed E-state index contributed by atoms with van der Waals surface area (Å²) in [5, 5.41) is 3.72. The number of H-pyrrole nitrogens is 1. The Kier molecular flexibility index (Phi) is 7.68. The standard InChI is InChI=1S/C26H37BN4O6/c1-7-26(13-8-14-26)37-31(22(32)16-29-23(33)34-6)17-21-28-15-20(30-21)18-9-11-19(12-10-18)27-35-24(2,3)25(4,5)36-27/h9-12,15H,7-8,13-14,16-17H2,1-6H3,(H,28,30)(H,29,33). The van der Waals surface area contributed by atoms with Crippen molar-refractivity contribution in [1.82, 2.24) is 20.3 Å². The van der Waals surface area contributed by atoms with Gasteiger partial charge in [0, 0.05) is 0 Å². The summed E-state index contributed by atoms with van der Waals surface area (Å²) in [6.07, 6.45) is 4.68. The monoisotopic (exact) mass is 512 g/mol. The zero-order valence-corrected chi connectivity index (χ0v) is 22.6. The molecule has 2 aromatic rings. The van der Waals surface area contributed by atoms with E-state index in [1.165, 1.54) is 12.2 Å². The number of hydrogen-bond donors (Lipinski definition) is 2. The topological polar surface area (TPSA) is 115 Å². The lowest BCUT2D eigenvalue weighted by Crippen LogP contribution is -2.49. The van der Waals surface area contributed by atoms with Crippen molar-refractivity contribution in [3.8, 4) is 11.3 Å². The highest BCUT2D eigenvalue weighted by molar-refractivity contribution is 6.62. The Balaban J connectivity index is 1.45. The second-order valence-electron chi connectivity index (χ2n) is 10.7. The number of aromatic amines is 1.